The molecule has 0 aliphatic carbocycles. The molecule has 0 radical (unpaired) electrons. The van der Waals surface area contributed by atoms with Crippen LogP contribution in [0.5, 0.6) is 0 Å². The average Bonchev–Trinajstić information content (AvgIpc) is 2.49. The zero-order valence-corrected chi connectivity index (χ0v) is 7.71. The molecule has 4 nitrogen and oxygen atoms in total. The Bertz CT molecular complexity index is 438. The van der Waals surface area contributed by atoms with E-state index < -0.39 is 6.10 Å². The number of hydrogen-bond donors (Lipinski definition) is 2. The first-order chi connectivity index (χ1) is 6.20. The van der Waals surface area contributed by atoms with Crippen LogP contribution in [-0.4, -0.2) is 20.1 Å². The summed E-state index contributed by atoms with van der Waals surface area (Å²) in [5.74, 6) is 0. The minimum atomic E-state index is -0.572. The van der Waals surface area contributed by atoms with Crippen LogP contribution < -0.4 is 0 Å². The van der Waals surface area contributed by atoms with Gasteiger partial charge in [0.25, 0.3) is 0 Å². The maximum absolute atomic E-state index is 9.40. The van der Waals surface area contributed by atoms with Crippen molar-refractivity contribution in [3.05, 3.63) is 23.2 Å². The van der Waals surface area contributed by atoms with E-state index in [9.17, 15) is 5.11 Å². The predicted molar refractivity (Wildman–Crippen MR) is 49.5 cm³/mol. The van der Waals surface area contributed by atoms with E-state index in [0.717, 1.165) is 5.56 Å². The number of rotatable bonds is 1. The molecule has 68 valence electrons. The Morgan fingerprint density at radius 2 is 2.31 bits per heavy atom. The summed E-state index contributed by atoms with van der Waals surface area (Å²) in [5.41, 5.74) is 1.37. The van der Waals surface area contributed by atoms with Crippen LogP contribution in [0.4, 0.5) is 0 Å². The second kappa shape index (κ2) is 2.97. The van der Waals surface area contributed by atoms with Crippen molar-refractivity contribution in [3.63, 3.8) is 0 Å². The molecule has 0 bridgehead atoms. The zero-order chi connectivity index (χ0) is 9.42. The highest BCUT2D eigenvalue weighted by molar-refractivity contribution is 6.34. The Kier molecular flexibility index (Phi) is 1.94. The van der Waals surface area contributed by atoms with Crippen LogP contribution in [0.2, 0.25) is 5.15 Å². The fraction of sp³-hybridized carbons (Fsp3) is 0.250. The normalized spacial score (nSPS) is 13.5. The van der Waals surface area contributed by atoms with Crippen LogP contribution in [0.1, 0.15) is 18.6 Å². The minimum absolute atomic E-state index is 0.363. The third-order valence-electron chi connectivity index (χ3n) is 1.90. The van der Waals surface area contributed by atoms with Crippen molar-refractivity contribution in [2.24, 2.45) is 0 Å². The molecular weight excluding hydrogens is 190 g/mol. The van der Waals surface area contributed by atoms with E-state index in [4.69, 9.17) is 11.6 Å². The first-order valence-electron chi connectivity index (χ1n) is 3.85. The standard InChI is InChI=1S/C8H8ClN3O/c1-4(13)5-2-10-8-6(5)7(9)11-3-12-8/h2-4,13H,1H3,(H,10,11,12)/t4-/m0/s1. The van der Waals surface area contributed by atoms with Crippen LogP contribution >= 0.6 is 11.6 Å². The maximum atomic E-state index is 9.40. The molecule has 2 aromatic rings. The van der Waals surface area contributed by atoms with Crippen LogP contribution in [-0.2, 0) is 0 Å². The van der Waals surface area contributed by atoms with Crippen molar-refractivity contribution in [2.45, 2.75) is 13.0 Å². The van der Waals surface area contributed by atoms with Gasteiger partial charge in [-0.1, -0.05) is 11.6 Å². The predicted octanol–water partition coefficient (Wildman–Crippen LogP) is 1.66. The fourth-order valence-corrected chi connectivity index (χ4v) is 1.52. The molecular formula is C8H8ClN3O. The molecule has 0 unspecified atom stereocenters. The van der Waals surface area contributed by atoms with E-state index in [-0.39, 0.29) is 0 Å². The molecule has 0 fully saturated rings. The van der Waals surface area contributed by atoms with E-state index in [2.05, 4.69) is 15.0 Å². The van der Waals surface area contributed by atoms with Gasteiger partial charge in [-0.25, -0.2) is 9.97 Å². The summed E-state index contributed by atoms with van der Waals surface area (Å²) in [4.78, 5) is 10.7. The maximum Gasteiger partial charge on any atom is 0.142 e. The summed E-state index contributed by atoms with van der Waals surface area (Å²) in [6.07, 6.45) is 2.50. The van der Waals surface area contributed by atoms with Gasteiger partial charge in [0.2, 0.25) is 0 Å². The molecule has 0 aromatic carbocycles. The van der Waals surface area contributed by atoms with Crippen molar-refractivity contribution in [1.82, 2.24) is 15.0 Å². The second-order valence-corrected chi connectivity index (χ2v) is 3.17. The molecule has 2 aromatic heterocycles. The molecule has 2 N–H and O–H groups in total. The molecule has 0 aliphatic heterocycles. The first-order valence-corrected chi connectivity index (χ1v) is 4.23. The lowest BCUT2D eigenvalue weighted by Crippen LogP contribution is -1.90. The SMILES string of the molecule is C[C@H](O)c1c[nH]c2ncnc(Cl)c12. The highest BCUT2D eigenvalue weighted by Gasteiger charge is 2.12. The molecule has 0 spiro atoms. The van der Waals surface area contributed by atoms with Gasteiger partial charge in [-0.15, -0.1) is 0 Å². The third-order valence-corrected chi connectivity index (χ3v) is 2.19. The van der Waals surface area contributed by atoms with E-state index in [0.29, 0.717) is 16.2 Å². The molecule has 2 heterocycles. The quantitative estimate of drug-likeness (QED) is 0.684. The molecule has 0 saturated heterocycles. The molecule has 0 aliphatic rings. The Labute approximate surface area is 79.6 Å². The first kappa shape index (κ1) is 8.47. The van der Waals surface area contributed by atoms with Gasteiger partial charge < -0.3 is 10.1 Å². The van der Waals surface area contributed by atoms with Gasteiger partial charge >= 0.3 is 0 Å². The van der Waals surface area contributed by atoms with E-state index >= 15 is 0 Å². The van der Waals surface area contributed by atoms with Gasteiger partial charge in [-0.05, 0) is 6.92 Å². The van der Waals surface area contributed by atoms with E-state index in [1.54, 1.807) is 13.1 Å². The van der Waals surface area contributed by atoms with Gasteiger partial charge in [-0.3, -0.25) is 0 Å². The number of halogens is 1. The Morgan fingerprint density at radius 1 is 1.54 bits per heavy atom. The van der Waals surface area contributed by atoms with Crippen molar-refractivity contribution >= 4 is 22.6 Å². The largest absolute Gasteiger partial charge is 0.389 e. The monoisotopic (exact) mass is 197 g/mol. The summed E-state index contributed by atoms with van der Waals surface area (Å²) in [5, 5.41) is 10.5. The van der Waals surface area contributed by atoms with Crippen molar-refractivity contribution in [2.75, 3.05) is 0 Å². The molecule has 2 rings (SSSR count). The summed E-state index contributed by atoms with van der Waals surface area (Å²) in [6.45, 7) is 1.67. The number of aromatic amines is 1. The number of H-pyrrole nitrogens is 1. The number of aliphatic hydroxyl groups is 1. The van der Waals surface area contributed by atoms with E-state index in [1.165, 1.54) is 6.33 Å². The molecule has 0 saturated carbocycles. The van der Waals surface area contributed by atoms with Crippen molar-refractivity contribution in [1.29, 1.82) is 0 Å². The number of hydrogen-bond acceptors (Lipinski definition) is 3. The lowest BCUT2D eigenvalue weighted by Gasteiger charge is -2.01. The fourth-order valence-electron chi connectivity index (χ4n) is 1.28. The highest BCUT2D eigenvalue weighted by Crippen LogP contribution is 2.27. The lowest BCUT2D eigenvalue weighted by atomic mass is 10.1. The molecule has 0 amide bonds. The highest BCUT2D eigenvalue weighted by atomic mass is 35.5. The van der Waals surface area contributed by atoms with Crippen LogP contribution in [0.15, 0.2) is 12.5 Å². The Balaban J connectivity index is 2.79. The van der Waals surface area contributed by atoms with Crippen molar-refractivity contribution in [3.8, 4) is 0 Å². The number of aliphatic hydroxyl groups excluding tert-OH is 1. The third kappa shape index (κ3) is 1.28. The average molecular weight is 198 g/mol. The second-order valence-electron chi connectivity index (χ2n) is 2.81. The summed E-state index contributed by atoms with van der Waals surface area (Å²) in [7, 11) is 0. The van der Waals surface area contributed by atoms with Crippen molar-refractivity contribution < 1.29 is 5.11 Å². The summed E-state index contributed by atoms with van der Waals surface area (Å²) < 4.78 is 0. The minimum Gasteiger partial charge on any atom is -0.389 e. The molecule has 13 heavy (non-hydrogen) atoms. The van der Waals surface area contributed by atoms with Crippen LogP contribution in [0, 0.1) is 0 Å². The summed E-state index contributed by atoms with van der Waals surface area (Å²) in [6, 6.07) is 0. The van der Waals surface area contributed by atoms with Gasteiger partial charge in [0.1, 0.15) is 17.1 Å². The van der Waals surface area contributed by atoms with Gasteiger partial charge in [0, 0.05) is 11.8 Å². The number of nitrogens with one attached hydrogen (secondary N) is 1. The lowest BCUT2D eigenvalue weighted by molar-refractivity contribution is 0.201. The molecule has 5 heteroatoms. The Hall–Kier alpha value is -1.13. The number of nitrogens with zero attached hydrogens (tertiary/aromatic N) is 2. The van der Waals surface area contributed by atoms with Crippen LogP contribution in [0.25, 0.3) is 11.0 Å². The van der Waals surface area contributed by atoms with E-state index in [1.807, 2.05) is 0 Å². The van der Waals surface area contributed by atoms with Gasteiger partial charge in [-0.2, -0.15) is 0 Å². The number of aromatic nitrogens is 3. The Morgan fingerprint density at radius 3 is 3.00 bits per heavy atom. The zero-order valence-electron chi connectivity index (χ0n) is 6.95. The molecule has 1 atom stereocenters. The smallest absolute Gasteiger partial charge is 0.142 e. The number of fused-ring (bicyclic) bond motifs is 1. The van der Waals surface area contributed by atoms with Gasteiger partial charge in [0.15, 0.2) is 0 Å². The van der Waals surface area contributed by atoms with Crippen LogP contribution in [0.3, 0.4) is 0 Å². The van der Waals surface area contributed by atoms with Gasteiger partial charge in [0.05, 0.1) is 11.5 Å². The summed E-state index contributed by atoms with van der Waals surface area (Å²) >= 11 is 5.87. The topological polar surface area (TPSA) is 61.8 Å².